The van der Waals surface area contributed by atoms with E-state index < -0.39 is 10.4 Å². The molecule has 0 heterocycles. The molecule has 26 heavy (non-hydrogen) atoms. The second-order valence-electron chi connectivity index (χ2n) is 7.53. The van der Waals surface area contributed by atoms with Crippen LogP contribution in [-0.2, 0) is 10.4 Å². The third-order valence-electron chi connectivity index (χ3n) is 4.76. The lowest BCUT2D eigenvalue weighted by molar-refractivity contribution is 0.251. The Bertz CT molecular complexity index is 364. The first-order chi connectivity index (χ1) is 12.2. The van der Waals surface area contributed by atoms with Gasteiger partial charge < -0.3 is 4.90 Å². The van der Waals surface area contributed by atoms with Gasteiger partial charge in [-0.05, 0) is 26.9 Å². The minimum atomic E-state index is -4.67. The Kier molecular flexibility index (Phi) is 21.1. The molecule has 0 aliphatic rings. The normalized spacial score (nSPS) is 12.7. The van der Waals surface area contributed by atoms with Gasteiger partial charge in [-0.2, -0.15) is 8.42 Å². The highest BCUT2D eigenvalue weighted by Crippen LogP contribution is 2.16. The van der Waals surface area contributed by atoms with Crippen LogP contribution in [0.4, 0.5) is 0 Å². The molecular weight excluding hydrogens is 350 g/mol. The van der Waals surface area contributed by atoms with Gasteiger partial charge in [-0.1, -0.05) is 97.3 Å². The smallest absolute Gasteiger partial charge is 0.306 e. The summed E-state index contributed by atoms with van der Waals surface area (Å²) < 4.78 is 31.6. The van der Waals surface area contributed by atoms with Gasteiger partial charge in [0.2, 0.25) is 0 Å². The van der Waals surface area contributed by atoms with E-state index in [4.69, 9.17) is 17.5 Å². The molecule has 0 bridgehead atoms. The van der Waals surface area contributed by atoms with Crippen LogP contribution in [0.5, 0.6) is 0 Å². The number of rotatable bonds is 16. The quantitative estimate of drug-likeness (QED) is 0.242. The first kappa shape index (κ1) is 28.0. The molecule has 5 nitrogen and oxygen atoms in total. The number of nitrogens with zero attached hydrogens (tertiary/aromatic N) is 1. The van der Waals surface area contributed by atoms with E-state index in [0.29, 0.717) is 0 Å². The minimum absolute atomic E-state index is 0.825. The molecule has 1 unspecified atom stereocenters. The first-order valence-corrected chi connectivity index (χ1v) is 12.0. The Morgan fingerprint density at radius 1 is 0.654 bits per heavy atom. The van der Waals surface area contributed by atoms with E-state index in [0.717, 1.165) is 6.04 Å². The van der Waals surface area contributed by atoms with Crippen LogP contribution < -0.4 is 0 Å². The number of hydrogen-bond acceptors (Lipinski definition) is 3. The fraction of sp³-hybridized carbons (Fsp3) is 1.00. The van der Waals surface area contributed by atoms with Crippen LogP contribution in [0.1, 0.15) is 110 Å². The second kappa shape index (κ2) is 19.6. The molecule has 0 rings (SSSR count). The lowest BCUT2D eigenvalue weighted by Crippen LogP contribution is -2.27. The summed E-state index contributed by atoms with van der Waals surface area (Å²) in [4.78, 5) is 2.46. The monoisotopic (exact) mass is 395 g/mol. The summed E-state index contributed by atoms with van der Waals surface area (Å²) in [6, 6.07) is 0.825. The van der Waals surface area contributed by atoms with Crippen LogP contribution in [0.25, 0.3) is 0 Å². The second-order valence-corrected chi connectivity index (χ2v) is 8.43. The zero-order valence-electron chi connectivity index (χ0n) is 17.8. The van der Waals surface area contributed by atoms with E-state index in [2.05, 4.69) is 32.8 Å². The van der Waals surface area contributed by atoms with Crippen molar-refractivity contribution in [3.05, 3.63) is 0 Å². The van der Waals surface area contributed by atoms with Crippen LogP contribution in [0, 0.1) is 0 Å². The van der Waals surface area contributed by atoms with Crippen LogP contribution in [0.15, 0.2) is 0 Å². The largest absolute Gasteiger partial charge is 0.394 e. The molecular formula is C20H45NO4S. The average Bonchev–Trinajstić information content (AvgIpc) is 2.53. The molecule has 0 aliphatic heterocycles. The van der Waals surface area contributed by atoms with E-state index in [1.165, 1.54) is 96.3 Å². The van der Waals surface area contributed by atoms with Crippen molar-refractivity contribution in [1.29, 1.82) is 0 Å². The SMILES string of the molecule is CCCCCCCCCCCC(CCCCCC)N(C)C.O=S(=O)(O)O. The summed E-state index contributed by atoms with van der Waals surface area (Å²) in [5, 5.41) is 0. The van der Waals surface area contributed by atoms with Crippen molar-refractivity contribution < 1.29 is 17.5 Å². The molecule has 0 radical (unpaired) electrons. The first-order valence-electron chi connectivity index (χ1n) is 10.6. The van der Waals surface area contributed by atoms with Crippen molar-refractivity contribution in [3.8, 4) is 0 Å². The third-order valence-corrected chi connectivity index (χ3v) is 4.76. The summed E-state index contributed by atoms with van der Waals surface area (Å²) in [6.07, 6.45) is 21.4. The van der Waals surface area contributed by atoms with Crippen molar-refractivity contribution in [3.63, 3.8) is 0 Å². The van der Waals surface area contributed by atoms with Gasteiger partial charge in [-0.25, -0.2) is 0 Å². The van der Waals surface area contributed by atoms with Crippen LogP contribution in [0.2, 0.25) is 0 Å². The zero-order chi connectivity index (χ0) is 20.3. The van der Waals surface area contributed by atoms with E-state index in [-0.39, 0.29) is 0 Å². The van der Waals surface area contributed by atoms with E-state index in [9.17, 15) is 0 Å². The molecule has 0 aliphatic carbocycles. The Hall–Kier alpha value is -0.170. The van der Waals surface area contributed by atoms with Gasteiger partial charge in [0.1, 0.15) is 0 Å². The zero-order valence-corrected chi connectivity index (χ0v) is 18.6. The van der Waals surface area contributed by atoms with Crippen molar-refractivity contribution >= 4 is 10.4 Å². The fourth-order valence-electron chi connectivity index (χ4n) is 3.16. The Balaban J connectivity index is 0. The molecule has 0 amide bonds. The summed E-state index contributed by atoms with van der Waals surface area (Å²) in [6.45, 7) is 4.59. The van der Waals surface area contributed by atoms with Gasteiger partial charge in [-0.3, -0.25) is 9.11 Å². The number of unbranched alkanes of at least 4 members (excludes halogenated alkanes) is 11. The maximum atomic E-state index is 8.74. The van der Waals surface area contributed by atoms with Gasteiger partial charge in [-0.15, -0.1) is 0 Å². The summed E-state index contributed by atoms with van der Waals surface area (Å²) in [5.74, 6) is 0. The molecule has 0 fully saturated rings. The molecule has 2 N–H and O–H groups in total. The predicted octanol–water partition coefficient (Wildman–Crippen LogP) is 6.16. The number of hydrogen-bond donors (Lipinski definition) is 2. The van der Waals surface area contributed by atoms with Gasteiger partial charge in [0, 0.05) is 6.04 Å². The van der Waals surface area contributed by atoms with Crippen LogP contribution >= 0.6 is 0 Å². The Morgan fingerprint density at radius 3 is 1.23 bits per heavy atom. The molecule has 0 saturated heterocycles. The van der Waals surface area contributed by atoms with Crippen molar-refractivity contribution in [1.82, 2.24) is 4.90 Å². The van der Waals surface area contributed by atoms with Gasteiger partial charge in [0.15, 0.2) is 0 Å². The summed E-state index contributed by atoms with van der Waals surface area (Å²) >= 11 is 0. The molecule has 0 aromatic heterocycles. The van der Waals surface area contributed by atoms with Crippen LogP contribution in [0.3, 0.4) is 0 Å². The third kappa shape index (κ3) is 28.6. The maximum Gasteiger partial charge on any atom is 0.394 e. The molecule has 0 spiro atoms. The van der Waals surface area contributed by atoms with Gasteiger partial charge in [0.05, 0.1) is 0 Å². The maximum absolute atomic E-state index is 8.74. The van der Waals surface area contributed by atoms with Crippen LogP contribution in [-0.4, -0.2) is 42.6 Å². The van der Waals surface area contributed by atoms with Crippen molar-refractivity contribution in [2.24, 2.45) is 0 Å². The molecule has 1 atom stereocenters. The Labute approximate surface area is 163 Å². The lowest BCUT2D eigenvalue weighted by atomic mass is 9.99. The van der Waals surface area contributed by atoms with E-state index in [1.807, 2.05) is 0 Å². The molecule has 160 valence electrons. The molecule has 0 aromatic rings. The molecule has 0 aromatic carbocycles. The minimum Gasteiger partial charge on any atom is -0.306 e. The highest BCUT2D eigenvalue weighted by atomic mass is 32.3. The standard InChI is InChI=1S/C20H43N.H2O4S/c1-5-7-9-11-12-13-14-15-17-19-20(21(3)4)18-16-10-8-6-2;1-5(2,3)4/h20H,5-19H2,1-4H3;(H2,1,2,3,4). The van der Waals surface area contributed by atoms with E-state index in [1.54, 1.807) is 0 Å². The highest BCUT2D eigenvalue weighted by Gasteiger charge is 2.10. The fourth-order valence-corrected chi connectivity index (χ4v) is 3.16. The summed E-state index contributed by atoms with van der Waals surface area (Å²) in [7, 11) is -0.142. The molecule has 0 saturated carbocycles. The van der Waals surface area contributed by atoms with Gasteiger partial charge >= 0.3 is 10.4 Å². The highest BCUT2D eigenvalue weighted by molar-refractivity contribution is 7.79. The van der Waals surface area contributed by atoms with E-state index >= 15 is 0 Å². The van der Waals surface area contributed by atoms with Gasteiger partial charge in [0.25, 0.3) is 0 Å². The Morgan fingerprint density at radius 2 is 0.923 bits per heavy atom. The average molecular weight is 396 g/mol. The molecule has 6 heteroatoms. The topological polar surface area (TPSA) is 77.8 Å². The lowest BCUT2D eigenvalue weighted by Gasteiger charge is -2.24. The predicted molar refractivity (Wildman–Crippen MR) is 112 cm³/mol. The van der Waals surface area contributed by atoms with Crippen molar-refractivity contribution in [2.75, 3.05) is 14.1 Å². The van der Waals surface area contributed by atoms with Crippen molar-refractivity contribution in [2.45, 2.75) is 116 Å². The summed E-state index contributed by atoms with van der Waals surface area (Å²) in [5.41, 5.74) is 0.